The minimum atomic E-state index is -0.0125. The molecule has 1 fully saturated rings. The molecule has 0 spiro atoms. The van der Waals surface area contributed by atoms with E-state index in [1.54, 1.807) is 0 Å². The molecule has 1 unspecified atom stereocenters. The monoisotopic (exact) mass is 242 g/mol. The standard InChI is InChI=1S/C14H30N2O/c1-5-9-15-13-8-7-10-16(11-13)12-14(3,4)17-6-2/h13,15H,5-12H2,1-4H3. The number of hydrogen-bond acceptors (Lipinski definition) is 3. The van der Waals surface area contributed by atoms with Crippen molar-refractivity contribution in [2.75, 3.05) is 32.8 Å². The van der Waals surface area contributed by atoms with Crippen LogP contribution in [0.2, 0.25) is 0 Å². The topological polar surface area (TPSA) is 24.5 Å². The smallest absolute Gasteiger partial charge is 0.0752 e. The lowest BCUT2D eigenvalue weighted by Gasteiger charge is -2.38. The molecular weight excluding hydrogens is 212 g/mol. The van der Waals surface area contributed by atoms with E-state index in [4.69, 9.17) is 4.74 Å². The molecule has 0 aromatic heterocycles. The molecule has 1 aliphatic rings. The molecule has 17 heavy (non-hydrogen) atoms. The maximum Gasteiger partial charge on any atom is 0.0752 e. The maximum absolute atomic E-state index is 5.79. The Morgan fingerprint density at radius 1 is 1.35 bits per heavy atom. The summed E-state index contributed by atoms with van der Waals surface area (Å²) in [6.07, 6.45) is 3.86. The molecule has 1 heterocycles. The number of hydrogen-bond donors (Lipinski definition) is 1. The molecule has 1 N–H and O–H groups in total. The lowest BCUT2D eigenvalue weighted by Crippen LogP contribution is -2.50. The van der Waals surface area contributed by atoms with Gasteiger partial charge in [-0.25, -0.2) is 0 Å². The summed E-state index contributed by atoms with van der Waals surface area (Å²) in [5.74, 6) is 0. The molecule has 1 saturated heterocycles. The Bertz CT molecular complexity index is 206. The Labute approximate surface area is 107 Å². The summed E-state index contributed by atoms with van der Waals surface area (Å²) in [7, 11) is 0. The fourth-order valence-corrected chi connectivity index (χ4v) is 2.69. The van der Waals surface area contributed by atoms with Gasteiger partial charge in [-0.3, -0.25) is 4.90 Å². The van der Waals surface area contributed by atoms with Crippen LogP contribution in [0.3, 0.4) is 0 Å². The molecule has 0 aromatic rings. The van der Waals surface area contributed by atoms with Gasteiger partial charge in [0.2, 0.25) is 0 Å². The average molecular weight is 242 g/mol. The fourth-order valence-electron chi connectivity index (χ4n) is 2.69. The Morgan fingerprint density at radius 2 is 2.12 bits per heavy atom. The number of ether oxygens (including phenoxy) is 1. The number of piperidine rings is 1. The van der Waals surface area contributed by atoms with Crippen molar-refractivity contribution in [1.82, 2.24) is 10.2 Å². The second-order valence-electron chi connectivity index (χ2n) is 5.72. The number of likely N-dealkylation sites (tertiary alicyclic amines) is 1. The van der Waals surface area contributed by atoms with Gasteiger partial charge in [-0.15, -0.1) is 0 Å². The van der Waals surface area contributed by atoms with Crippen LogP contribution in [-0.2, 0) is 4.74 Å². The van der Waals surface area contributed by atoms with E-state index in [0.29, 0.717) is 6.04 Å². The second kappa shape index (κ2) is 7.34. The molecule has 0 amide bonds. The molecular formula is C14H30N2O. The normalized spacial score (nSPS) is 22.9. The van der Waals surface area contributed by atoms with Crippen LogP contribution in [0.1, 0.15) is 47.0 Å². The van der Waals surface area contributed by atoms with Crippen molar-refractivity contribution >= 4 is 0 Å². The van der Waals surface area contributed by atoms with E-state index in [1.807, 2.05) is 0 Å². The first kappa shape index (κ1) is 14.9. The molecule has 3 nitrogen and oxygen atoms in total. The molecule has 0 aromatic carbocycles. The van der Waals surface area contributed by atoms with Crippen LogP contribution >= 0.6 is 0 Å². The van der Waals surface area contributed by atoms with Gasteiger partial charge < -0.3 is 10.1 Å². The van der Waals surface area contributed by atoms with Gasteiger partial charge in [-0.1, -0.05) is 6.92 Å². The summed E-state index contributed by atoms with van der Waals surface area (Å²) in [6, 6.07) is 0.682. The van der Waals surface area contributed by atoms with Gasteiger partial charge >= 0.3 is 0 Å². The van der Waals surface area contributed by atoms with Crippen LogP contribution in [0.15, 0.2) is 0 Å². The minimum Gasteiger partial charge on any atom is -0.375 e. The third-order valence-electron chi connectivity index (χ3n) is 3.33. The lowest BCUT2D eigenvalue weighted by atomic mass is 10.0. The summed E-state index contributed by atoms with van der Waals surface area (Å²) in [5, 5.41) is 3.64. The summed E-state index contributed by atoms with van der Waals surface area (Å²) in [5.41, 5.74) is -0.0125. The Balaban J connectivity index is 2.33. The highest BCUT2D eigenvalue weighted by atomic mass is 16.5. The predicted molar refractivity (Wildman–Crippen MR) is 73.5 cm³/mol. The van der Waals surface area contributed by atoms with Crippen molar-refractivity contribution in [3.63, 3.8) is 0 Å². The van der Waals surface area contributed by atoms with E-state index in [0.717, 1.165) is 19.7 Å². The summed E-state index contributed by atoms with van der Waals surface area (Å²) in [6.45, 7) is 14.1. The largest absolute Gasteiger partial charge is 0.375 e. The molecule has 0 aliphatic carbocycles. The Kier molecular flexibility index (Phi) is 6.45. The van der Waals surface area contributed by atoms with Crippen LogP contribution < -0.4 is 5.32 Å². The Hall–Kier alpha value is -0.120. The van der Waals surface area contributed by atoms with Crippen molar-refractivity contribution < 1.29 is 4.74 Å². The van der Waals surface area contributed by atoms with Crippen LogP contribution in [-0.4, -0.2) is 49.3 Å². The quantitative estimate of drug-likeness (QED) is 0.741. The summed E-state index contributed by atoms with van der Waals surface area (Å²) >= 11 is 0. The number of rotatable bonds is 7. The van der Waals surface area contributed by atoms with Gasteiger partial charge in [0.05, 0.1) is 5.60 Å². The molecule has 0 radical (unpaired) electrons. The minimum absolute atomic E-state index is 0.0125. The predicted octanol–water partition coefficient (Wildman–Crippen LogP) is 2.27. The van der Waals surface area contributed by atoms with Crippen LogP contribution in [0.4, 0.5) is 0 Å². The second-order valence-corrected chi connectivity index (χ2v) is 5.72. The van der Waals surface area contributed by atoms with Gasteiger partial charge in [0.25, 0.3) is 0 Å². The van der Waals surface area contributed by atoms with Crippen LogP contribution in [0.5, 0.6) is 0 Å². The molecule has 1 rings (SSSR count). The van der Waals surface area contributed by atoms with Crippen molar-refractivity contribution in [1.29, 1.82) is 0 Å². The van der Waals surface area contributed by atoms with Crippen molar-refractivity contribution in [3.8, 4) is 0 Å². The van der Waals surface area contributed by atoms with E-state index < -0.39 is 0 Å². The SMILES string of the molecule is CCCNC1CCCN(CC(C)(C)OCC)C1. The van der Waals surface area contributed by atoms with Crippen LogP contribution in [0, 0.1) is 0 Å². The maximum atomic E-state index is 5.79. The van der Waals surface area contributed by atoms with Crippen molar-refractivity contribution in [3.05, 3.63) is 0 Å². The van der Waals surface area contributed by atoms with Crippen molar-refractivity contribution in [2.24, 2.45) is 0 Å². The van der Waals surface area contributed by atoms with E-state index in [9.17, 15) is 0 Å². The van der Waals surface area contributed by atoms with E-state index in [-0.39, 0.29) is 5.60 Å². The van der Waals surface area contributed by atoms with Gasteiger partial charge in [0, 0.05) is 25.7 Å². The zero-order valence-corrected chi connectivity index (χ0v) is 12.1. The van der Waals surface area contributed by atoms with Crippen molar-refractivity contribution in [2.45, 2.75) is 58.6 Å². The first-order chi connectivity index (χ1) is 8.07. The average Bonchev–Trinajstić information content (AvgIpc) is 2.26. The molecule has 102 valence electrons. The molecule has 0 bridgehead atoms. The van der Waals surface area contributed by atoms with E-state index >= 15 is 0 Å². The van der Waals surface area contributed by atoms with Gasteiger partial charge in [-0.05, 0) is 53.1 Å². The first-order valence-electron chi connectivity index (χ1n) is 7.17. The van der Waals surface area contributed by atoms with E-state index in [1.165, 1.54) is 32.4 Å². The first-order valence-corrected chi connectivity index (χ1v) is 7.17. The van der Waals surface area contributed by atoms with Crippen LogP contribution in [0.25, 0.3) is 0 Å². The zero-order valence-electron chi connectivity index (χ0n) is 12.1. The highest BCUT2D eigenvalue weighted by molar-refractivity contribution is 4.82. The van der Waals surface area contributed by atoms with Gasteiger partial charge in [0.1, 0.15) is 0 Å². The third kappa shape index (κ3) is 5.84. The van der Waals surface area contributed by atoms with Gasteiger partial charge in [-0.2, -0.15) is 0 Å². The highest BCUT2D eigenvalue weighted by Gasteiger charge is 2.26. The number of nitrogens with zero attached hydrogens (tertiary/aromatic N) is 1. The molecule has 1 atom stereocenters. The molecule has 3 heteroatoms. The Morgan fingerprint density at radius 3 is 2.76 bits per heavy atom. The third-order valence-corrected chi connectivity index (χ3v) is 3.33. The lowest BCUT2D eigenvalue weighted by molar-refractivity contribution is -0.0389. The van der Waals surface area contributed by atoms with Gasteiger partial charge in [0.15, 0.2) is 0 Å². The highest BCUT2D eigenvalue weighted by Crippen LogP contribution is 2.16. The molecule has 1 aliphatic heterocycles. The zero-order chi connectivity index (χ0) is 12.7. The summed E-state index contributed by atoms with van der Waals surface area (Å²) in [4.78, 5) is 2.55. The fraction of sp³-hybridized carbons (Fsp3) is 1.00. The number of nitrogens with one attached hydrogen (secondary N) is 1. The summed E-state index contributed by atoms with van der Waals surface area (Å²) < 4.78 is 5.79. The van der Waals surface area contributed by atoms with E-state index in [2.05, 4.69) is 37.9 Å². The molecule has 0 saturated carbocycles.